The lowest BCUT2D eigenvalue weighted by Gasteiger charge is -2.20. The molecule has 176 valence electrons. The molecule has 3 rings (SSSR count). The van der Waals surface area contributed by atoms with E-state index in [1.807, 2.05) is 43.3 Å². The van der Waals surface area contributed by atoms with Crippen molar-refractivity contribution in [3.05, 3.63) is 59.7 Å². The van der Waals surface area contributed by atoms with Crippen LogP contribution in [-0.4, -0.2) is 53.5 Å². The Balaban J connectivity index is 1.58. The number of ether oxygens (including phenoxy) is 1. The van der Waals surface area contributed by atoms with Crippen molar-refractivity contribution in [1.82, 2.24) is 10.6 Å². The summed E-state index contributed by atoms with van der Waals surface area (Å²) in [7, 11) is 0. The number of amides is 2. The van der Waals surface area contributed by atoms with Crippen LogP contribution < -0.4 is 10.6 Å². The molecule has 0 aromatic heterocycles. The maximum atomic E-state index is 12.5. The zero-order valence-electron chi connectivity index (χ0n) is 18.6. The van der Waals surface area contributed by atoms with Gasteiger partial charge in [0.15, 0.2) is 0 Å². The van der Waals surface area contributed by atoms with Gasteiger partial charge in [0.25, 0.3) is 0 Å². The van der Waals surface area contributed by atoms with Crippen molar-refractivity contribution in [3.8, 4) is 11.1 Å². The number of hydrogen-bond donors (Lipinski definition) is 4. The van der Waals surface area contributed by atoms with Crippen molar-refractivity contribution in [2.24, 2.45) is 0 Å². The van der Waals surface area contributed by atoms with Crippen LogP contribution >= 0.6 is 0 Å². The van der Waals surface area contributed by atoms with Crippen molar-refractivity contribution in [2.45, 2.75) is 50.6 Å². The van der Waals surface area contributed by atoms with E-state index in [9.17, 15) is 14.4 Å². The molecule has 1 aliphatic carbocycles. The monoisotopic (exact) mass is 454 g/mol. The van der Waals surface area contributed by atoms with Crippen LogP contribution in [-0.2, 0) is 14.3 Å². The Labute approximate surface area is 193 Å². The van der Waals surface area contributed by atoms with Gasteiger partial charge in [-0.15, -0.1) is 0 Å². The molecule has 2 aromatic carbocycles. The molecule has 2 atom stereocenters. The largest absolute Gasteiger partial charge is 0.480 e. The summed E-state index contributed by atoms with van der Waals surface area (Å²) in [6.07, 6.45) is 0.482. The third kappa shape index (κ3) is 6.10. The van der Waals surface area contributed by atoms with Gasteiger partial charge in [0.05, 0.1) is 0 Å². The molecule has 4 N–H and O–H groups in total. The Morgan fingerprint density at radius 3 is 2.12 bits per heavy atom. The minimum Gasteiger partial charge on any atom is -0.480 e. The lowest BCUT2D eigenvalue weighted by Crippen LogP contribution is -2.45. The van der Waals surface area contributed by atoms with Crippen molar-refractivity contribution in [2.75, 3.05) is 13.2 Å². The number of carboxylic acid groups (broad SMARTS) is 1. The predicted molar refractivity (Wildman–Crippen MR) is 123 cm³/mol. The van der Waals surface area contributed by atoms with Gasteiger partial charge in [-0.05, 0) is 28.7 Å². The van der Waals surface area contributed by atoms with Gasteiger partial charge in [-0.1, -0.05) is 61.9 Å². The summed E-state index contributed by atoms with van der Waals surface area (Å²) in [5, 5.41) is 23.2. The van der Waals surface area contributed by atoms with Crippen LogP contribution in [0, 0.1) is 0 Å². The van der Waals surface area contributed by atoms with Gasteiger partial charge in [0, 0.05) is 31.4 Å². The van der Waals surface area contributed by atoms with Gasteiger partial charge in [0.1, 0.15) is 12.6 Å². The summed E-state index contributed by atoms with van der Waals surface area (Å²) in [6, 6.07) is 14.4. The summed E-state index contributed by atoms with van der Waals surface area (Å²) in [5.41, 5.74) is 4.50. The van der Waals surface area contributed by atoms with Crippen LogP contribution in [0.1, 0.15) is 49.7 Å². The summed E-state index contributed by atoms with van der Waals surface area (Å²) in [5.74, 6) is -1.78. The quantitative estimate of drug-likeness (QED) is 0.414. The molecule has 0 spiro atoms. The molecule has 0 saturated carbocycles. The van der Waals surface area contributed by atoms with E-state index in [1.54, 1.807) is 0 Å². The predicted octanol–water partition coefficient (Wildman–Crippen LogP) is 3.04. The first-order valence-corrected chi connectivity index (χ1v) is 11.2. The van der Waals surface area contributed by atoms with Crippen molar-refractivity contribution < 1.29 is 29.3 Å². The minimum atomic E-state index is -1.21. The second kappa shape index (κ2) is 11.5. The molecule has 0 radical (unpaired) electrons. The Morgan fingerprint density at radius 1 is 0.970 bits per heavy atom. The second-order valence-corrected chi connectivity index (χ2v) is 8.13. The molecule has 8 nitrogen and oxygen atoms in total. The normalized spacial score (nSPS) is 14.0. The molecule has 0 fully saturated rings. The van der Waals surface area contributed by atoms with E-state index in [2.05, 4.69) is 22.8 Å². The number of aliphatic hydroxyl groups excluding tert-OH is 1. The van der Waals surface area contributed by atoms with Gasteiger partial charge >= 0.3 is 12.1 Å². The average Bonchev–Trinajstić information content (AvgIpc) is 3.11. The number of hydrogen-bond acceptors (Lipinski definition) is 5. The number of aliphatic carboxylic acids is 1. The lowest BCUT2D eigenvalue weighted by molar-refractivity contribution is -0.142. The number of carboxylic acids is 1. The fraction of sp³-hybridized carbons (Fsp3) is 0.400. The highest BCUT2D eigenvalue weighted by atomic mass is 16.5. The summed E-state index contributed by atoms with van der Waals surface area (Å²) in [6.45, 7) is 1.74. The lowest BCUT2D eigenvalue weighted by atomic mass is 9.98. The van der Waals surface area contributed by atoms with Gasteiger partial charge in [-0.2, -0.15) is 0 Å². The van der Waals surface area contributed by atoms with Gasteiger partial charge in [-0.3, -0.25) is 4.79 Å². The molecule has 0 saturated heterocycles. The summed E-state index contributed by atoms with van der Waals surface area (Å²) in [4.78, 5) is 36.0. The zero-order chi connectivity index (χ0) is 23.8. The molecule has 2 amide bonds. The third-order valence-corrected chi connectivity index (χ3v) is 5.79. The Morgan fingerprint density at radius 2 is 1.58 bits per heavy atom. The number of benzene rings is 2. The van der Waals surface area contributed by atoms with E-state index < -0.39 is 30.1 Å². The van der Waals surface area contributed by atoms with Crippen molar-refractivity contribution in [3.63, 3.8) is 0 Å². The Kier molecular flexibility index (Phi) is 8.43. The first kappa shape index (κ1) is 24.3. The Bertz CT molecular complexity index is 947. The molecular formula is C25H30N2O6. The molecule has 1 aliphatic rings. The van der Waals surface area contributed by atoms with Crippen LogP contribution in [0.4, 0.5) is 4.79 Å². The first-order valence-electron chi connectivity index (χ1n) is 11.2. The number of carbonyl (C=O) groups is 3. The highest BCUT2D eigenvalue weighted by Crippen LogP contribution is 2.44. The summed E-state index contributed by atoms with van der Waals surface area (Å²) >= 11 is 0. The van der Waals surface area contributed by atoms with Gasteiger partial charge < -0.3 is 25.6 Å². The molecule has 8 heteroatoms. The minimum absolute atomic E-state index is 0.0640. The topological polar surface area (TPSA) is 125 Å². The Hall–Kier alpha value is -3.39. The molecule has 2 aromatic rings. The number of carbonyl (C=O) groups excluding carboxylic acids is 2. The number of rotatable bonds is 11. The van der Waals surface area contributed by atoms with Crippen LogP contribution in [0.15, 0.2) is 48.5 Å². The van der Waals surface area contributed by atoms with Crippen LogP contribution in [0.5, 0.6) is 0 Å². The number of nitrogens with one attached hydrogen (secondary N) is 2. The zero-order valence-corrected chi connectivity index (χ0v) is 18.6. The van der Waals surface area contributed by atoms with Crippen LogP contribution in [0.2, 0.25) is 0 Å². The standard InChI is InChI=1S/C25H30N2O6/c1-2-7-16(14-23(29)27-22(12-13-28)24(30)31)26-25(32)33-15-21-19-10-5-3-8-17(19)18-9-4-6-11-20(18)21/h3-6,8-11,16,21-22,28H,2,7,12-15H2,1H3,(H,26,32)(H,27,29)(H,30,31)/t16-,22+/m0/s1. The van der Waals surface area contributed by atoms with E-state index in [4.69, 9.17) is 14.9 Å². The fourth-order valence-electron chi connectivity index (χ4n) is 4.24. The molecule has 33 heavy (non-hydrogen) atoms. The van der Waals surface area contributed by atoms with Crippen LogP contribution in [0.3, 0.4) is 0 Å². The van der Waals surface area contributed by atoms with Gasteiger partial charge in [0.2, 0.25) is 5.91 Å². The van der Waals surface area contributed by atoms with E-state index in [0.717, 1.165) is 28.7 Å². The van der Waals surface area contributed by atoms with E-state index in [1.165, 1.54) is 0 Å². The maximum absolute atomic E-state index is 12.5. The highest BCUT2D eigenvalue weighted by molar-refractivity contribution is 5.84. The van der Waals surface area contributed by atoms with Crippen molar-refractivity contribution >= 4 is 18.0 Å². The SMILES string of the molecule is CCC[C@@H](CC(=O)N[C@H](CCO)C(=O)O)NC(=O)OCC1c2ccccc2-c2ccccc21. The second-order valence-electron chi connectivity index (χ2n) is 8.13. The number of fused-ring (bicyclic) bond motifs is 3. The smallest absolute Gasteiger partial charge is 0.407 e. The molecule has 0 aliphatic heterocycles. The molecule has 0 bridgehead atoms. The molecule has 0 heterocycles. The van der Waals surface area contributed by atoms with Crippen molar-refractivity contribution in [1.29, 1.82) is 0 Å². The summed E-state index contributed by atoms with van der Waals surface area (Å²) < 4.78 is 5.55. The molecule has 0 unspecified atom stereocenters. The third-order valence-electron chi connectivity index (χ3n) is 5.79. The highest BCUT2D eigenvalue weighted by Gasteiger charge is 2.29. The first-order chi connectivity index (χ1) is 15.9. The number of alkyl carbamates (subject to hydrolysis) is 1. The molecular weight excluding hydrogens is 424 g/mol. The fourth-order valence-corrected chi connectivity index (χ4v) is 4.24. The average molecular weight is 455 g/mol. The van der Waals surface area contributed by atoms with Gasteiger partial charge in [-0.25, -0.2) is 9.59 Å². The van der Waals surface area contributed by atoms with Crippen LogP contribution in [0.25, 0.3) is 11.1 Å². The van der Waals surface area contributed by atoms with E-state index in [-0.39, 0.29) is 32.0 Å². The maximum Gasteiger partial charge on any atom is 0.407 e. The van der Waals surface area contributed by atoms with E-state index in [0.29, 0.717) is 6.42 Å². The number of aliphatic hydroxyl groups is 1. The van der Waals surface area contributed by atoms with E-state index >= 15 is 0 Å².